The van der Waals surface area contributed by atoms with Crippen LogP contribution >= 0.6 is 0 Å². The van der Waals surface area contributed by atoms with Gasteiger partial charge in [-0.2, -0.15) is 0 Å². The van der Waals surface area contributed by atoms with Crippen LogP contribution in [-0.2, 0) is 16.1 Å². The fourth-order valence-corrected chi connectivity index (χ4v) is 2.45. The van der Waals surface area contributed by atoms with E-state index < -0.39 is 0 Å². The number of ether oxygens (including phenoxy) is 2. The molecule has 0 aliphatic carbocycles. The molecule has 2 aromatic carbocycles. The zero-order chi connectivity index (χ0) is 18.4. The van der Waals surface area contributed by atoms with E-state index in [1.807, 2.05) is 6.07 Å². The molecule has 1 N–H and O–H groups in total. The second-order valence-corrected chi connectivity index (χ2v) is 5.61. The lowest BCUT2D eigenvalue weighted by atomic mass is 10.2. The maximum atomic E-state index is 12.4. The molecule has 7 heteroatoms. The summed E-state index contributed by atoms with van der Waals surface area (Å²) in [6.45, 7) is 0.857. The van der Waals surface area contributed by atoms with E-state index in [4.69, 9.17) is 9.47 Å². The van der Waals surface area contributed by atoms with Crippen molar-refractivity contribution in [2.75, 3.05) is 25.6 Å². The molecule has 0 radical (unpaired) electrons. The van der Waals surface area contributed by atoms with E-state index in [9.17, 15) is 9.59 Å². The highest BCUT2D eigenvalue weighted by Gasteiger charge is 2.08. The minimum absolute atomic E-state index is 0.108. The largest absolute Gasteiger partial charge is 0.491 e. The highest BCUT2D eigenvalue weighted by atomic mass is 16.5. The predicted octanol–water partition coefficient (Wildman–Crippen LogP) is 2.06. The number of hydrogen-bond donors (Lipinski definition) is 1. The molecular formula is C19H19N3O4. The van der Waals surface area contributed by atoms with Crippen molar-refractivity contribution in [3.63, 3.8) is 0 Å². The topological polar surface area (TPSA) is 82.4 Å². The summed E-state index contributed by atoms with van der Waals surface area (Å²) in [6, 6.07) is 14.0. The highest BCUT2D eigenvalue weighted by molar-refractivity contribution is 5.90. The van der Waals surface area contributed by atoms with Gasteiger partial charge in [0.25, 0.3) is 5.56 Å². The molecule has 0 atom stereocenters. The zero-order valence-electron chi connectivity index (χ0n) is 14.3. The number of amides is 1. The first kappa shape index (κ1) is 17.6. The molecule has 0 aliphatic rings. The first-order valence-electron chi connectivity index (χ1n) is 8.13. The summed E-state index contributed by atoms with van der Waals surface area (Å²) < 4.78 is 11.7. The van der Waals surface area contributed by atoms with Gasteiger partial charge in [-0.05, 0) is 36.4 Å². The Balaban J connectivity index is 1.64. The van der Waals surface area contributed by atoms with Crippen LogP contribution in [0, 0.1) is 0 Å². The van der Waals surface area contributed by atoms with E-state index in [1.54, 1.807) is 49.6 Å². The number of rotatable bonds is 7. The third-order valence-electron chi connectivity index (χ3n) is 3.74. The van der Waals surface area contributed by atoms with Crippen LogP contribution in [0.4, 0.5) is 5.69 Å². The van der Waals surface area contributed by atoms with Crippen molar-refractivity contribution >= 4 is 22.5 Å². The van der Waals surface area contributed by atoms with E-state index in [1.165, 1.54) is 10.9 Å². The molecule has 3 rings (SSSR count). The summed E-state index contributed by atoms with van der Waals surface area (Å²) in [7, 11) is 1.61. The minimum atomic E-state index is -0.308. The normalized spacial score (nSPS) is 10.7. The van der Waals surface area contributed by atoms with Crippen LogP contribution in [0.5, 0.6) is 5.75 Å². The van der Waals surface area contributed by atoms with Crippen molar-refractivity contribution in [3.8, 4) is 5.75 Å². The SMILES string of the molecule is COCCOc1ccc(NC(=O)Cn2cnc3ccccc3c2=O)cc1. The van der Waals surface area contributed by atoms with Gasteiger partial charge < -0.3 is 14.8 Å². The number of anilines is 1. The van der Waals surface area contributed by atoms with Crippen LogP contribution in [0.15, 0.2) is 59.7 Å². The molecule has 0 saturated carbocycles. The summed E-state index contributed by atoms with van der Waals surface area (Å²) in [4.78, 5) is 28.8. The van der Waals surface area contributed by atoms with Crippen molar-refractivity contribution < 1.29 is 14.3 Å². The average Bonchev–Trinajstić information content (AvgIpc) is 2.66. The zero-order valence-corrected chi connectivity index (χ0v) is 14.3. The molecule has 0 saturated heterocycles. The smallest absolute Gasteiger partial charge is 0.261 e. The molecule has 0 spiro atoms. The van der Waals surface area contributed by atoms with Gasteiger partial charge in [-0.3, -0.25) is 14.2 Å². The van der Waals surface area contributed by atoms with E-state index >= 15 is 0 Å². The molecule has 1 heterocycles. The van der Waals surface area contributed by atoms with Crippen molar-refractivity contribution in [2.45, 2.75) is 6.54 Å². The standard InChI is InChI=1S/C19H19N3O4/c1-25-10-11-26-15-8-6-14(7-9-15)21-18(23)12-22-13-20-17-5-3-2-4-16(17)19(22)24/h2-9,13H,10-12H2,1H3,(H,21,23). The molecule has 1 amide bonds. The van der Waals surface area contributed by atoms with Crippen LogP contribution in [0.1, 0.15) is 0 Å². The lowest BCUT2D eigenvalue weighted by Gasteiger charge is -2.09. The Labute approximate surface area is 150 Å². The number of hydrogen-bond acceptors (Lipinski definition) is 5. The van der Waals surface area contributed by atoms with Gasteiger partial charge in [-0.1, -0.05) is 12.1 Å². The molecule has 7 nitrogen and oxygen atoms in total. The monoisotopic (exact) mass is 353 g/mol. The van der Waals surface area contributed by atoms with Crippen LogP contribution < -0.4 is 15.6 Å². The number of benzene rings is 2. The number of para-hydroxylation sites is 1. The first-order chi connectivity index (χ1) is 12.7. The molecule has 0 unspecified atom stereocenters. The molecule has 134 valence electrons. The molecule has 3 aromatic rings. The van der Waals surface area contributed by atoms with E-state index in [0.717, 1.165) is 0 Å². The van der Waals surface area contributed by atoms with Crippen LogP contribution in [0.3, 0.4) is 0 Å². The second kappa shape index (κ2) is 8.26. The van der Waals surface area contributed by atoms with Crippen molar-refractivity contribution in [1.82, 2.24) is 9.55 Å². The summed E-state index contributed by atoms with van der Waals surface area (Å²) in [5.74, 6) is 0.382. The molecule has 26 heavy (non-hydrogen) atoms. The lowest BCUT2D eigenvalue weighted by molar-refractivity contribution is -0.116. The molecule has 0 fully saturated rings. The molecular weight excluding hydrogens is 334 g/mol. The molecule has 0 bridgehead atoms. The lowest BCUT2D eigenvalue weighted by Crippen LogP contribution is -2.27. The number of aromatic nitrogens is 2. The van der Waals surface area contributed by atoms with Crippen LogP contribution in [-0.4, -0.2) is 35.8 Å². The summed E-state index contributed by atoms with van der Waals surface area (Å²) in [5, 5.41) is 3.24. The number of fused-ring (bicyclic) bond motifs is 1. The number of nitrogens with zero attached hydrogens (tertiary/aromatic N) is 2. The second-order valence-electron chi connectivity index (χ2n) is 5.61. The van der Waals surface area contributed by atoms with E-state index in [0.29, 0.717) is 35.6 Å². The maximum Gasteiger partial charge on any atom is 0.261 e. The van der Waals surface area contributed by atoms with Crippen molar-refractivity contribution in [3.05, 3.63) is 65.2 Å². The van der Waals surface area contributed by atoms with E-state index in [-0.39, 0.29) is 18.0 Å². The minimum Gasteiger partial charge on any atom is -0.491 e. The third-order valence-corrected chi connectivity index (χ3v) is 3.74. The Morgan fingerprint density at radius 1 is 1.12 bits per heavy atom. The Bertz CT molecular complexity index is 951. The summed E-state index contributed by atoms with van der Waals surface area (Å²) >= 11 is 0. The fourth-order valence-electron chi connectivity index (χ4n) is 2.45. The van der Waals surface area contributed by atoms with Crippen molar-refractivity contribution in [2.24, 2.45) is 0 Å². The Morgan fingerprint density at radius 2 is 1.88 bits per heavy atom. The van der Waals surface area contributed by atoms with Gasteiger partial charge in [-0.25, -0.2) is 4.98 Å². The molecule has 0 aliphatic heterocycles. The van der Waals surface area contributed by atoms with Crippen LogP contribution in [0.25, 0.3) is 10.9 Å². The van der Waals surface area contributed by atoms with Gasteiger partial charge in [0.05, 0.1) is 23.8 Å². The van der Waals surface area contributed by atoms with Gasteiger partial charge in [0.15, 0.2) is 0 Å². The van der Waals surface area contributed by atoms with Crippen LogP contribution in [0.2, 0.25) is 0 Å². The van der Waals surface area contributed by atoms with Gasteiger partial charge in [-0.15, -0.1) is 0 Å². The summed E-state index contributed by atoms with van der Waals surface area (Å²) in [5.41, 5.74) is 0.988. The van der Waals surface area contributed by atoms with Gasteiger partial charge in [0.1, 0.15) is 18.9 Å². The van der Waals surface area contributed by atoms with Crippen molar-refractivity contribution in [1.29, 1.82) is 0 Å². The Hall–Kier alpha value is -3.19. The quantitative estimate of drug-likeness (QED) is 0.658. The Kier molecular flexibility index (Phi) is 5.60. The fraction of sp³-hybridized carbons (Fsp3) is 0.211. The predicted molar refractivity (Wildman–Crippen MR) is 98.4 cm³/mol. The average molecular weight is 353 g/mol. The molecule has 1 aromatic heterocycles. The summed E-state index contributed by atoms with van der Waals surface area (Å²) in [6.07, 6.45) is 1.39. The van der Waals surface area contributed by atoms with Gasteiger partial charge in [0, 0.05) is 12.8 Å². The third kappa shape index (κ3) is 4.25. The highest BCUT2D eigenvalue weighted by Crippen LogP contribution is 2.15. The number of methoxy groups -OCH3 is 1. The number of carbonyl (C=O) groups is 1. The van der Waals surface area contributed by atoms with Gasteiger partial charge >= 0.3 is 0 Å². The number of nitrogens with one attached hydrogen (secondary N) is 1. The van der Waals surface area contributed by atoms with Gasteiger partial charge in [0.2, 0.25) is 5.91 Å². The Morgan fingerprint density at radius 3 is 2.65 bits per heavy atom. The maximum absolute atomic E-state index is 12.4. The van der Waals surface area contributed by atoms with E-state index in [2.05, 4.69) is 10.3 Å². The number of carbonyl (C=O) groups excluding carboxylic acids is 1. The first-order valence-corrected chi connectivity index (χ1v) is 8.13.